The number of amides is 5. The molecule has 0 bridgehead atoms. The van der Waals surface area contributed by atoms with Crippen LogP contribution < -0.4 is 16.0 Å². The van der Waals surface area contributed by atoms with E-state index < -0.39 is 48.5 Å². The molecular weight excluding hydrogens is 356 g/mol. The number of nitrogens with one attached hydrogen (secondary N) is 3. The number of ether oxygens (including phenoxy) is 1. The maximum absolute atomic E-state index is 12.4. The van der Waals surface area contributed by atoms with Crippen molar-refractivity contribution >= 4 is 29.7 Å². The summed E-state index contributed by atoms with van der Waals surface area (Å²) in [5.41, 5.74) is -1.00. The Kier molecular flexibility index (Phi) is 8.20. The number of hydrogen-bond donors (Lipinski definition) is 3. The van der Waals surface area contributed by atoms with E-state index in [9.17, 15) is 24.0 Å². The molecule has 1 aliphatic heterocycles. The van der Waals surface area contributed by atoms with Crippen LogP contribution in [-0.4, -0.2) is 65.9 Å². The minimum absolute atomic E-state index is 0.341. The summed E-state index contributed by atoms with van der Waals surface area (Å²) in [6.45, 7) is 6.26. The number of imide groups is 1. The summed E-state index contributed by atoms with van der Waals surface area (Å²) in [4.78, 5) is 60.5. The molecule has 0 radical (unpaired) electrons. The predicted octanol–water partition coefficient (Wildman–Crippen LogP) is -0.329. The molecule has 3 N–H and O–H groups in total. The van der Waals surface area contributed by atoms with Crippen LogP contribution in [0.3, 0.4) is 0 Å². The lowest BCUT2D eigenvalue weighted by Gasteiger charge is -2.22. The Morgan fingerprint density at radius 2 is 1.81 bits per heavy atom. The summed E-state index contributed by atoms with van der Waals surface area (Å²) in [6, 6.07) is -1.44. The monoisotopic (exact) mass is 384 g/mol. The highest BCUT2D eigenvalue weighted by Gasteiger charge is 2.49. The molecule has 27 heavy (non-hydrogen) atoms. The van der Waals surface area contributed by atoms with Crippen molar-refractivity contribution < 1.29 is 28.7 Å². The van der Waals surface area contributed by atoms with Crippen molar-refractivity contribution in [1.29, 1.82) is 0 Å². The van der Waals surface area contributed by atoms with Gasteiger partial charge in [0.2, 0.25) is 5.91 Å². The molecule has 0 aromatic carbocycles. The Balaban J connectivity index is 2.47. The minimum atomic E-state index is -1.00. The summed E-state index contributed by atoms with van der Waals surface area (Å²) < 4.78 is 4.80. The van der Waals surface area contributed by atoms with Gasteiger partial charge in [-0.2, -0.15) is 0 Å². The van der Waals surface area contributed by atoms with Crippen LogP contribution in [0.4, 0.5) is 4.79 Å². The van der Waals surface area contributed by atoms with Crippen LogP contribution in [0.25, 0.3) is 0 Å². The molecule has 10 nitrogen and oxygen atoms in total. The molecule has 0 spiro atoms. The van der Waals surface area contributed by atoms with Crippen molar-refractivity contribution in [3.63, 3.8) is 0 Å². The largest absolute Gasteiger partial charge is 0.454 e. The first-order valence-corrected chi connectivity index (χ1v) is 9.07. The molecule has 0 aromatic rings. The van der Waals surface area contributed by atoms with Crippen LogP contribution in [0.2, 0.25) is 0 Å². The molecule has 152 valence electrons. The number of carbonyl (C=O) groups excluding carboxylic acids is 5. The first kappa shape index (κ1) is 22.4. The standard InChI is InChI=1S/C17H28N4O6/c1-5-8-18-14(24)11(4)19-12(22)10-27-13(23)9-21-15(25)17(6-2,7-3)20-16(21)26/h11H,5-10H2,1-4H3,(H,18,24)(H,19,22)(H,20,26)/t11-/m0/s1. The van der Waals surface area contributed by atoms with Gasteiger partial charge in [0.05, 0.1) is 0 Å². The highest BCUT2D eigenvalue weighted by Crippen LogP contribution is 2.24. The fraction of sp³-hybridized carbons (Fsp3) is 0.706. The highest BCUT2D eigenvalue weighted by atomic mass is 16.5. The maximum atomic E-state index is 12.4. The zero-order valence-corrected chi connectivity index (χ0v) is 16.2. The Labute approximate surface area is 158 Å². The van der Waals surface area contributed by atoms with Gasteiger partial charge in [-0.15, -0.1) is 0 Å². The van der Waals surface area contributed by atoms with Crippen LogP contribution in [0.1, 0.15) is 47.0 Å². The molecule has 1 atom stereocenters. The van der Waals surface area contributed by atoms with E-state index in [1.54, 1.807) is 13.8 Å². The zero-order chi connectivity index (χ0) is 20.6. The molecule has 0 aromatic heterocycles. The van der Waals surface area contributed by atoms with E-state index in [4.69, 9.17) is 4.74 Å². The smallest absolute Gasteiger partial charge is 0.326 e. The molecule has 1 saturated heterocycles. The average Bonchev–Trinajstić information content (AvgIpc) is 2.88. The van der Waals surface area contributed by atoms with Crippen molar-refractivity contribution in [1.82, 2.24) is 20.9 Å². The summed E-state index contributed by atoms with van der Waals surface area (Å²) in [5.74, 6) is -2.37. The first-order valence-electron chi connectivity index (χ1n) is 9.07. The molecule has 1 rings (SSSR count). The number of rotatable bonds is 10. The van der Waals surface area contributed by atoms with Gasteiger partial charge in [0.15, 0.2) is 6.61 Å². The number of nitrogens with zero attached hydrogens (tertiary/aromatic N) is 1. The maximum Gasteiger partial charge on any atom is 0.326 e. The summed E-state index contributed by atoms with van der Waals surface area (Å²) in [7, 11) is 0. The van der Waals surface area contributed by atoms with Crippen LogP contribution in [0, 0.1) is 0 Å². The van der Waals surface area contributed by atoms with E-state index >= 15 is 0 Å². The lowest BCUT2D eigenvalue weighted by Crippen LogP contribution is -2.47. The van der Waals surface area contributed by atoms with Crippen molar-refractivity contribution in [2.45, 2.75) is 58.5 Å². The summed E-state index contributed by atoms with van der Waals surface area (Å²) >= 11 is 0. The third-order valence-corrected chi connectivity index (χ3v) is 4.42. The van der Waals surface area contributed by atoms with E-state index in [1.165, 1.54) is 6.92 Å². The number of urea groups is 1. The third kappa shape index (κ3) is 5.66. The van der Waals surface area contributed by atoms with E-state index in [2.05, 4.69) is 16.0 Å². The molecule has 0 saturated carbocycles. The summed E-state index contributed by atoms with van der Waals surface area (Å²) in [6.07, 6.45) is 1.57. The van der Waals surface area contributed by atoms with Gasteiger partial charge < -0.3 is 20.7 Å². The van der Waals surface area contributed by atoms with Gasteiger partial charge in [-0.3, -0.25) is 24.1 Å². The van der Waals surface area contributed by atoms with Gasteiger partial charge in [-0.1, -0.05) is 20.8 Å². The topological polar surface area (TPSA) is 134 Å². The third-order valence-electron chi connectivity index (χ3n) is 4.42. The van der Waals surface area contributed by atoms with Crippen molar-refractivity contribution in [3.05, 3.63) is 0 Å². The van der Waals surface area contributed by atoms with Crippen molar-refractivity contribution in [2.75, 3.05) is 19.7 Å². The van der Waals surface area contributed by atoms with Gasteiger partial charge in [0.1, 0.15) is 18.1 Å². The van der Waals surface area contributed by atoms with E-state index in [0.29, 0.717) is 19.4 Å². The Bertz CT molecular complexity index is 602. The molecular formula is C17H28N4O6. The highest BCUT2D eigenvalue weighted by molar-refractivity contribution is 6.08. The fourth-order valence-corrected chi connectivity index (χ4v) is 2.62. The lowest BCUT2D eigenvalue weighted by molar-refractivity contribution is -0.151. The Morgan fingerprint density at radius 1 is 1.19 bits per heavy atom. The SMILES string of the molecule is CCCNC(=O)[C@H](C)NC(=O)COC(=O)CN1C(=O)NC(CC)(CC)C1=O. The van der Waals surface area contributed by atoms with Gasteiger partial charge in [-0.05, 0) is 26.2 Å². The Hall–Kier alpha value is -2.65. The molecule has 0 aliphatic carbocycles. The second-order valence-corrected chi connectivity index (χ2v) is 6.35. The fourth-order valence-electron chi connectivity index (χ4n) is 2.62. The van der Waals surface area contributed by atoms with Crippen molar-refractivity contribution in [3.8, 4) is 0 Å². The van der Waals surface area contributed by atoms with Crippen molar-refractivity contribution in [2.24, 2.45) is 0 Å². The van der Waals surface area contributed by atoms with Crippen LogP contribution in [0.15, 0.2) is 0 Å². The van der Waals surface area contributed by atoms with E-state index in [1.807, 2.05) is 6.92 Å². The second-order valence-electron chi connectivity index (χ2n) is 6.35. The number of hydrogen-bond acceptors (Lipinski definition) is 6. The molecule has 1 heterocycles. The predicted molar refractivity (Wildman–Crippen MR) is 95.4 cm³/mol. The van der Waals surface area contributed by atoms with Crippen LogP contribution in [-0.2, 0) is 23.9 Å². The normalized spacial score (nSPS) is 16.5. The van der Waals surface area contributed by atoms with Gasteiger partial charge in [0, 0.05) is 6.54 Å². The quantitative estimate of drug-likeness (QED) is 0.349. The molecule has 10 heteroatoms. The van der Waals surface area contributed by atoms with Crippen LogP contribution >= 0.6 is 0 Å². The molecule has 0 unspecified atom stereocenters. The van der Waals surface area contributed by atoms with E-state index in [-0.39, 0.29) is 5.91 Å². The molecule has 5 amide bonds. The number of carbonyl (C=O) groups is 5. The van der Waals surface area contributed by atoms with Crippen LogP contribution in [0.5, 0.6) is 0 Å². The minimum Gasteiger partial charge on any atom is -0.454 e. The zero-order valence-electron chi connectivity index (χ0n) is 16.2. The lowest BCUT2D eigenvalue weighted by atomic mass is 9.93. The second kappa shape index (κ2) is 9.89. The van der Waals surface area contributed by atoms with Gasteiger partial charge in [0.25, 0.3) is 11.8 Å². The number of esters is 1. The summed E-state index contributed by atoms with van der Waals surface area (Å²) in [5, 5.41) is 7.63. The van der Waals surface area contributed by atoms with E-state index in [0.717, 1.165) is 11.3 Å². The van der Waals surface area contributed by atoms with Gasteiger partial charge >= 0.3 is 12.0 Å². The molecule has 1 aliphatic rings. The Morgan fingerprint density at radius 3 is 2.33 bits per heavy atom. The first-order chi connectivity index (χ1) is 12.7. The molecule has 1 fully saturated rings. The average molecular weight is 384 g/mol. The van der Waals surface area contributed by atoms with Gasteiger partial charge in [-0.25, -0.2) is 4.79 Å².